The summed E-state index contributed by atoms with van der Waals surface area (Å²) in [5.41, 5.74) is -0.898. The molecule has 0 spiro atoms. The molecule has 0 aromatic heterocycles. The molecule has 6 heteroatoms. The SMILES string of the molecule is CC(C)(C[N+](=O)[O-])NP(=O)(c1ccccc1)c1ccccc1. The van der Waals surface area contributed by atoms with Crippen LogP contribution < -0.4 is 15.7 Å². The van der Waals surface area contributed by atoms with E-state index in [2.05, 4.69) is 5.09 Å². The summed E-state index contributed by atoms with van der Waals surface area (Å²) in [6.45, 7) is 3.07. The highest BCUT2D eigenvalue weighted by atomic mass is 31.2. The second-order valence-electron chi connectivity index (χ2n) is 5.77. The zero-order valence-electron chi connectivity index (χ0n) is 12.6. The third-order valence-electron chi connectivity index (χ3n) is 3.22. The van der Waals surface area contributed by atoms with Crippen LogP contribution in [-0.2, 0) is 4.57 Å². The molecule has 5 nitrogen and oxygen atoms in total. The average molecular weight is 318 g/mol. The highest BCUT2D eigenvalue weighted by Gasteiger charge is 2.36. The highest BCUT2D eigenvalue weighted by molar-refractivity contribution is 7.77. The maximum Gasteiger partial charge on any atom is 0.221 e. The molecule has 1 N–H and O–H groups in total. The van der Waals surface area contributed by atoms with E-state index in [1.807, 2.05) is 36.4 Å². The summed E-state index contributed by atoms with van der Waals surface area (Å²) in [6.07, 6.45) is 0. The molecule has 0 saturated carbocycles. The van der Waals surface area contributed by atoms with Crippen molar-refractivity contribution in [2.24, 2.45) is 0 Å². The van der Waals surface area contributed by atoms with E-state index in [4.69, 9.17) is 0 Å². The standard InChI is InChI=1S/C16H19N2O3P/c1-16(2,13-18(19)20)17-22(21,14-9-5-3-6-10-14)15-11-7-4-8-12-15/h3-12H,13H2,1-2H3,(H,17,21). The van der Waals surface area contributed by atoms with Gasteiger partial charge in [0.05, 0.1) is 5.54 Å². The molecule has 0 atom stereocenters. The van der Waals surface area contributed by atoms with Crippen LogP contribution in [0.2, 0.25) is 0 Å². The highest BCUT2D eigenvalue weighted by Crippen LogP contribution is 2.41. The topological polar surface area (TPSA) is 72.2 Å². The van der Waals surface area contributed by atoms with E-state index in [0.717, 1.165) is 0 Å². The Morgan fingerprint density at radius 3 is 1.77 bits per heavy atom. The first-order chi connectivity index (χ1) is 10.3. The molecule has 2 rings (SSSR count). The number of rotatable bonds is 6. The summed E-state index contributed by atoms with van der Waals surface area (Å²) in [6, 6.07) is 18.1. The Labute approximate surface area is 129 Å². The first kappa shape index (κ1) is 16.4. The zero-order chi connectivity index (χ0) is 16.2. The Balaban J connectivity index is 2.48. The number of benzene rings is 2. The van der Waals surface area contributed by atoms with Crippen LogP contribution in [0.3, 0.4) is 0 Å². The first-order valence-electron chi connectivity index (χ1n) is 6.96. The molecule has 0 unspecified atom stereocenters. The lowest BCUT2D eigenvalue weighted by Crippen LogP contribution is -2.47. The lowest BCUT2D eigenvalue weighted by atomic mass is 10.1. The average Bonchev–Trinajstić information content (AvgIpc) is 2.47. The molecule has 2 aromatic rings. The van der Waals surface area contributed by atoms with Gasteiger partial charge in [-0.3, -0.25) is 14.7 Å². The van der Waals surface area contributed by atoms with Gasteiger partial charge >= 0.3 is 0 Å². The van der Waals surface area contributed by atoms with Gasteiger partial charge in [-0.15, -0.1) is 0 Å². The molecule has 0 heterocycles. The van der Waals surface area contributed by atoms with Crippen LogP contribution in [0.4, 0.5) is 0 Å². The first-order valence-corrected chi connectivity index (χ1v) is 8.67. The van der Waals surface area contributed by atoms with E-state index in [-0.39, 0.29) is 6.54 Å². The van der Waals surface area contributed by atoms with Gasteiger partial charge in [-0.05, 0) is 38.1 Å². The van der Waals surface area contributed by atoms with Crippen LogP contribution >= 0.6 is 7.29 Å². The van der Waals surface area contributed by atoms with Gasteiger partial charge in [-0.25, -0.2) is 5.09 Å². The molecule has 0 saturated heterocycles. The van der Waals surface area contributed by atoms with Crippen molar-refractivity contribution >= 4 is 17.9 Å². The Morgan fingerprint density at radius 2 is 1.41 bits per heavy atom. The summed E-state index contributed by atoms with van der Waals surface area (Å²) in [4.78, 5) is 10.5. The molecule has 2 aromatic carbocycles. The van der Waals surface area contributed by atoms with E-state index in [0.29, 0.717) is 10.6 Å². The van der Waals surface area contributed by atoms with Crippen molar-refractivity contribution in [2.45, 2.75) is 19.4 Å². The molecule has 22 heavy (non-hydrogen) atoms. The maximum atomic E-state index is 13.7. The molecule has 0 amide bonds. The van der Waals surface area contributed by atoms with Gasteiger partial charge in [-0.2, -0.15) is 0 Å². The van der Waals surface area contributed by atoms with Crippen LogP contribution in [-0.4, -0.2) is 17.0 Å². The molecular formula is C16H19N2O3P. The van der Waals surface area contributed by atoms with Crippen molar-refractivity contribution in [1.29, 1.82) is 0 Å². The molecule has 116 valence electrons. The minimum atomic E-state index is -3.16. The summed E-state index contributed by atoms with van der Waals surface area (Å²) >= 11 is 0. The monoisotopic (exact) mass is 318 g/mol. The summed E-state index contributed by atoms with van der Waals surface area (Å²) < 4.78 is 13.7. The van der Waals surface area contributed by atoms with E-state index < -0.39 is 17.8 Å². The fourth-order valence-corrected chi connectivity index (χ4v) is 5.00. The van der Waals surface area contributed by atoms with E-state index >= 15 is 0 Å². The van der Waals surface area contributed by atoms with Gasteiger partial charge in [0.15, 0.2) is 0 Å². The quantitative estimate of drug-likeness (QED) is 0.505. The van der Waals surface area contributed by atoms with Gasteiger partial charge in [0.1, 0.15) is 0 Å². The minimum absolute atomic E-state index is 0.309. The zero-order valence-corrected chi connectivity index (χ0v) is 13.5. The van der Waals surface area contributed by atoms with Crippen molar-refractivity contribution in [3.8, 4) is 0 Å². The van der Waals surface area contributed by atoms with E-state index in [9.17, 15) is 14.7 Å². The van der Waals surface area contributed by atoms with Gasteiger partial charge in [0, 0.05) is 15.5 Å². The predicted molar refractivity (Wildman–Crippen MR) is 88.8 cm³/mol. The predicted octanol–water partition coefficient (Wildman–Crippen LogP) is 2.56. The van der Waals surface area contributed by atoms with E-state index in [1.165, 1.54) is 0 Å². The summed E-state index contributed by atoms with van der Waals surface area (Å²) in [5, 5.41) is 15.2. The van der Waals surface area contributed by atoms with E-state index in [1.54, 1.807) is 38.1 Å². The Hall–Kier alpha value is -1.97. The summed E-state index contributed by atoms with van der Waals surface area (Å²) in [7, 11) is -3.16. The lowest BCUT2D eigenvalue weighted by Gasteiger charge is -2.29. The van der Waals surface area contributed by atoms with Gasteiger partial charge in [0.2, 0.25) is 13.8 Å². The maximum absolute atomic E-state index is 13.7. The van der Waals surface area contributed by atoms with Gasteiger partial charge in [-0.1, -0.05) is 36.4 Å². The smallest absolute Gasteiger partial charge is 0.221 e. The van der Waals surface area contributed by atoms with Crippen molar-refractivity contribution in [3.05, 3.63) is 70.8 Å². The number of hydrogen-bond acceptors (Lipinski definition) is 3. The number of hydrogen-bond donors (Lipinski definition) is 1. The Bertz CT molecular complexity index is 644. The van der Waals surface area contributed by atoms with Crippen molar-refractivity contribution in [3.63, 3.8) is 0 Å². The third-order valence-corrected chi connectivity index (χ3v) is 6.20. The molecule has 0 fully saturated rings. The fraction of sp³-hybridized carbons (Fsp3) is 0.250. The van der Waals surface area contributed by atoms with Crippen LogP contribution in [0.25, 0.3) is 0 Å². The fourth-order valence-electron chi connectivity index (χ4n) is 2.34. The second-order valence-corrected chi connectivity index (χ2v) is 8.24. The minimum Gasteiger partial charge on any atom is -0.297 e. The number of nitrogens with one attached hydrogen (secondary N) is 1. The molecule has 0 aliphatic heterocycles. The molecule has 0 aliphatic rings. The molecule has 0 radical (unpaired) electrons. The molecular weight excluding hydrogens is 299 g/mol. The summed E-state index contributed by atoms with van der Waals surface area (Å²) in [5.74, 6) is 0. The Morgan fingerprint density at radius 1 is 1.00 bits per heavy atom. The van der Waals surface area contributed by atoms with Crippen LogP contribution in [0.15, 0.2) is 60.7 Å². The van der Waals surface area contributed by atoms with Crippen LogP contribution in [0.5, 0.6) is 0 Å². The largest absolute Gasteiger partial charge is 0.297 e. The number of nitrogens with zero attached hydrogens (tertiary/aromatic N) is 1. The normalized spacial score (nSPS) is 12.1. The van der Waals surface area contributed by atoms with Gasteiger partial charge in [0.25, 0.3) is 0 Å². The van der Waals surface area contributed by atoms with Crippen molar-refractivity contribution in [2.75, 3.05) is 6.54 Å². The second kappa shape index (κ2) is 6.42. The number of nitro groups is 1. The molecule has 0 aliphatic carbocycles. The van der Waals surface area contributed by atoms with Crippen molar-refractivity contribution < 1.29 is 9.49 Å². The lowest BCUT2D eigenvalue weighted by molar-refractivity contribution is -0.488. The van der Waals surface area contributed by atoms with Crippen LogP contribution in [0.1, 0.15) is 13.8 Å². The van der Waals surface area contributed by atoms with Crippen LogP contribution in [0, 0.1) is 10.1 Å². The molecule has 0 bridgehead atoms. The third kappa shape index (κ3) is 3.81. The van der Waals surface area contributed by atoms with Crippen molar-refractivity contribution in [1.82, 2.24) is 5.09 Å². The Kier molecular flexibility index (Phi) is 4.79. The van der Waals surface area contributed by atoms with Gasteiger partial charge < -0.3 is 0 Å².